The van der Waals surface area contributed by atoms with Gasteiger partial charge in [0.05, 0.1) is 4.90 Å². The Morgan fingerprint density at radius 2 is 1.52 bits per heavy atom. The fourth-order valence-electron chi connectivity index (χ4n) is 3.64. The van der Waals surface area contributed by atoms with Crippen LogP contribution in [0.15, 0.2) is 71.6 Å². The SMILES string of the molecule is Cc1cc(C)c(S(=O)(=O)N[C@@H](Cc2ccccc2)C(=O)Nc2ccc(Cl)cc2)c(C)c1. The number of nitrogens with one attached hydrogen (secondary N) is 2. The van der Waals surface area contributed by atoms with Gasteiger partial charge >= 0.3 is 0 Å². The fraction of sp³-hybridized carbons (Fsp3) is 0.208. The average molecular weight is 457 g/mol. The number of aryl methyl sites for hydroxylation is 3. The number of amides is 1. The van der Waals surface area contributed by atoms with Crippen LogP contribution in [0.4, 0.5) is 5.69 Å². The minimum Gasteiger partial charge on any atom is -0.325 e. The van der Waals surface area contributed by atoms with Gasteiger partial charge in [-0.2, -0.15) is 4.72 Å². The van der Waals surface area contributed by atoms with E-state index in [2.05, 4.69) is 10.0 Å². The molecular weight excluding hydrogens is 432 g/mol. The molecule has 162 valence electrons. The molecule has 0 aliphatic rings. The highest BCUT2D eigenvalue weighted by Gasteiger charge is 2.28. The number of rotatable bonds is 7. The van der Waals surface area contributed by atoms with Crippen molar-refractivity contribution in [1.29, 1.82) is 0 Å². The molecule has 0 bridgehead atoms. The zero-order valence-electron chi connectivity index (χ0n) is 17.6. The van der Waals surface area contributed by atoms with Crippen LogP contribution in [0.2, 0.25) is 5.02 Å². The Morgan fingerprint density at radius 1 is 0.935 bits per heavy atom. The second-order valence-electron chi connectivity index (χ2n) is 7.59. The average Bonchev–Trinajstić information content (AvgIpc) is 2.68. The number of sulfonamides is 1. The minimum absolute atomic E-state index is 0.204. The largest absolute Gasteiger partial charge is 0.325 e. The van der Waals surface area contributed by atoms with Crippen molar-refractivity contribution in [3.8, 4) is 0 Å². The molecule has 0 aliphatic heterocycles. The molecule has 3 aromatic carbocycles. The van der Waals surface area contributed by atoms with E-state index in [0.29, 0.717) is 21.8 Å². The zero-order chi connectivity index (χ0) is 22.6. The molecule has 0 fully saturated rings. The van der Waals surface area contributed by atoms with Gasteiger partial charge in [-0.15, -0.1) is 0 Å². The summed E-state index contributed by atoms with van der Waals surface area (Å²) in [6.45, 7) is 5.44. The molecule has 0 spiro atoms. The molecule has 7 heteroatoms. The van der Waals surface area contributed by atoms with Crippen molar-refractivity contribution in [3.05, 3.63) is 94.0 Å². The van der Waals surface area contributed by atoms with Crippen molar-refractivity contribution < 1.29 is 13.2 Å². The van der Waals surface area contributed by atoms with E-state index in [-0.39, 0.29) is 11.3 Å². The molecule has 0 aliphatic carbocycles. The molecule has 5 nitrogen and oxygen atoms in total. The first-order chi connectivity index (χ1) is 14.7. The van der Waals surface area contributed by atoms with Crippen LogP contribution in [0.3, 0.4) is 0 Å². The number of halogens is 1. The molecule has 0 aromatic heterocycles. The van der Waals surface area contributed by atoms with E-state index in [1.807, 2.05) is 49.4 Å². The highest BCUT2D eigenvalue weighted by molar-refractivity contribution is 7.89. The first kappa shape index (κ1) is 23.0. The predicted octanol–water partition coefficient (Wildman–Crippen LogP) is 4.79. The van der Waals surface area contributed by atoms with Crippen molar-refractivity contribution in [1.82, 2.24) is 4.72 Å². The maximum atomic E-state index is 13.3. The lowest BCUT2D eigenvalue weighted by Gasteiger charge is -2.20. The Bertz CT molecular complexity index is 1150. The van der Waals surface area contributed by atoms with Gasteiger partial charge in [-0.3, -0.25) is 4.79 Å². The van der Waals surface area contributed by atoms with Gasteiger partial charge in [-0.05, 0) is 68.1 Å². The van der Waals surface area contributed by atoms with Gasteiger partial charge in [0.2, 0.25) is 15.9 Å². The third-order valence-corrected chi connectivity index (χ3v) is 6.91. The highest BCUT2D eigenvalue weighted by Crippen LogP contribution is 2.23. The maximum Gasteiger partial charge on any atom is 0.242 e. The standard InChI is InChI=1S/C24H25ClN2O3S/c1-16-13-17(2)23(18(3)14-16)31(29,30)27-22(15-19-7-5-4-6-8-19)24(28)26-21-11-9-20(25)10-12-21/h4-14,22,27H,15H2,1-3H3,(H,26,28)/t22-/m0/s1. The van der Waals surface area contributed by atoms with Crippen LogP contribution in [0.5, 0.6) is 0 Å². The van der Waals surface area contributed by atoms with Gasteiger partial charge in [0, 0.05) is 10.7 Å². The first-order valence-electron chi connectivity index (χ1n) is 9.86. The lowest BCUT2D eigenvalue weighted by molar-refractivity contribution is -0.117. The predicted molar refractivity (Wildman–Crippen MR) is 125 cm³/mol. The van der Waals surface area contributed by atoms with E-state index < -0.39 is 22.0 Å². The summed E-state index contributed by atoms with van der Waals surface area (Å²) in [6, 6.07) is 18.6. The smallest absolute Gasteiger partial charge is 0.242 e. The third-order valence-electron chi connectivity index (χ3n) is 4.88. The molecule has 1 atom stereocenters. The van der Waals surface area contributed by atoms with Gasteiger partial charge in [0.15, 0.2) is 0 Å². The lowest BCUT2D eigenvalue weighted by Crippen LogP contribution is -2.45. The van der Waals surface area contributed by atoms with E-state index in [4.69, 9.17) is 11.6 Å². The summed E-state index contributed by atoms with van der Waals surface area (Å²) >= 11 is 5.91. The van der Waals surface area contributed by atoms with Crippen LogP contribution in [0, 0.1) is 20.8 Å². The molecule has 3 aromatic rings. The maximum absolute atomic E-state index is 13.3. The monoisotopic (exact) mass is 456 g/mol. The van der Waals surface area contributed by atoms with Gasteiger partial charge < -0.3 is 5.32 Å². The second-order valence-corrected chi connectivity index (χ2v) is 9.67. The first-order valence-corrected chi connectivity index (χ1v) is 11.7. The van der Waals surface area contributed by atoms with E-state index in [1.165, 1.54) is 0 Å². The Labute approximate surface area is 188 Å². The summed E-state index contributed by atoms with van der Waals surface area (Å²) in [5, 5.41) is 3.32. The van der Waals surface area contributed by atoms with Gasteiger partial charge in [-0.25, -0.2) is 8.42 Å². The van der Waals surface area contributed by atoms with Crippen molar-refractivity contribution in [2.24, 2.45) is 0 Å². The fourth-order valence-corrected chi connectivity index (χ4v) is 5.41. The van der Waals surface area contributed by atoms with Crippen LogP contribution >= 0.6 is 11.6 Å². The number of carbonyl (C=O) groups excluding carboxylic acids is 1. The summed E-state index contributed by atoms with van der Waals surface area (Å²) in [6.07, 6.45) is 0.212. The van der Waals surface area contributed by atoms with Crippen molar-refractivity contribution in [3.63, 3.8) is 0 Å². The topological polar surface area (TPSA) is 75.3 Å². The molecule has 0 radical (unpaired) electrons. The summed E-state index contributed by atoms with van der Waals surface area (Å²) in [5.41, 5.74) is 3.64. The summed E-state index contributed by atoms with van der Waals surface area (Å²) < 4.78 is 29.2. The highest BCUT2D eigenvalue weighted by atomic mass is 35.5. The van der Waals surface area contributed by atoms with Crippen LogP contribution in [-0.2, 0) is 21.2 Å². The molecule has 0 unspecified atom stereocenters. The van der Waals surface area contributed by atoms with Crippen LogP contribution in [0.25, 0.3) is 0 Å². The van der Waals surface area contributed by atoms with Crippen molar-refractivity contribution in [2.75, 3.05) is 5.32 Å². The number of anilines is 1. The molecule has 3 rings (SSSR count). The molecule has 1 amide bonds. The van der Waals surface area contributed by atoms with Gasteiger partial charge in [0.1, 0.15) is 6.04 Å². The quantitative estimate of drug-likeness (QED) is 0.536. The van der Waals surface area contributed by atoms with Crippen molar-refractivity contribution in [2.45, 2.75) is 38.1 Å². The number of benzene rings is 3. The Kier molecular flexibility index (Phi) is 7.15. The van der Waals surface area contributed by atoms with Crippen LogP contribution in [0.1, 0.15) is 22.3 Å². The van der Waals surface area contributed by atoms with Crippen LogP contribution in [-0.4, -0.2) is 20.4 Å². The van der Waals surface area contributed by atoms with Gasteiger partial charge in [0.25, 0.3) is 0 Å². The zero-order valence-corrected chi connectivity index (χ0v) is 19.2. The number of hydrogen-bond donors (Lipinski definition) is 2. The molecule has 0 saturated carbocycles. The molecule has 31 heavy (non-hydrogen) atoms. The second kappa shape index (κ2) is 9.64. The van der Waals surface area contributed by atoms with E-state index in [1.54, 1.807) is 38.1 Å². The molecule has 2 N–H and O–H groups in total. The van der Waals surface area contributed by atoms with E-state index in [0.717, 1.165) is 11.1 Å². The summed E-state index contributed by atoms with van der Waals surface area (Å²) in [4.78, 5) is 13.3. The van der Waals surface area contributed by atoms with E-state index >= 15 is 0 Å². The summed E-state index contributed by atoms with van der Waals surface area (Å²) in [5.74, 6) is -0.447. The van der Waals surface area contributed by atoms with Gasteiger partial charge in [-0.1, -0.05) is 59.6 Å². The lowest BCUT2D eigenvalue weighted by atomic mass is 10.1. The minimum atomic E-state index is -3.93. The Morgan fingerprint density at radius 3 is 2.10 bits per heavy atom. The van der Waals surface area contributed by atoms with E-state index in [9.17, 15) is 13.2 Å². The van der Waals surface area contributed by atoms with Crippen LogP contribution < -0.4 is 10.0 Å². The molecular formula is C24H25ClN2O3S. The normalized spacial score (nSPS) is 12.4. The van der Waals surface area contributed by atoms with Crippen molar-refractivity contribution >= 4 is 33.2 Å². The third kappa shape index (κ3) is 5.94. The molecule has 0 heterocycles. The molecule has 0 saturated heterocycles. The Balaban J connectivity index is 1.92. The Hall–Kier alpha value is -2.67. The number of carbonyl (C=O) groups is 1. The summed E-state index contributed by atoms with van der Waals surface area (Å²) in [7, 11) is -3.93. The number of hydrogen-bond acceptors (Lipinski definition) is 3.